The molecule has 1 aliphatic rings. The summed E-state index contributed by atoms with van der Waals surface area (Å²) in [6.07, 6.45) is 12.6. The summed E-state index contributed by atoms with van der Waals surface area (Å²) in [5.41, 5.74) is 3.73. The SMILES string of the molecule is CC=CC1CCC(CCc2ccc(-c3ccc(Cl)c(Cl)c3)cc2)CC1. The fraction of sp³-hybridized carbons (Fsp3) is 0.391. The van der Waals surface area contributed by atoms with Gasteiger partial charge in [-0.3, -0.25) is 0 Å². The first-order chi connectivity index (χ1) is 12.2. The van der Waals surface area contributed by atoms with Crippen LogP contribution in [-0.4, -0.2) is 0 Å². The lowest BCUT2D eigenvalue weighted by molar-refractivity contribution is 0.296. The molecular formula is C23H26Cl2. The van der Waals surface area contributed by atoms with Crippen molar-refractivity contribution in [2.24, 2.45) is 11.8 Å². The van der Waals surface area contributed by atoms with Crippen LogP contribution in [0.2, 0.25) is 10.0 Å². The minimum absolute atomic E-state index is 0.603. The molecule has 1 aliphatic carbocycles. The van der Waals surface area contributed by atoms with Crippen molar-refractivity contribution in [2.75, 3.05) is 0 Å². The van der Waals surface area contributed by atoms with Crippen molar-refractivity contribution in [1.82, 2.24) is 0 Å². The van der Waals surface area contributed by atoms with E-state index in [0.29, 0.717) is 10.0 Å². The summed E-state index contributed by atoms with van der Waals surface area (Å²) in [5, 5.41) is 1.21. The van der Waals surface area contributed by atoms with E-state index in [1.54, 1.807) is 0 Å². The molecule has 3 rings (SSSR count). The second-order valence-electron chi connectivity index (χ2n) is 7.17. The predicted molar refractivity (Wildman–Crippen MR) is 110 cm³/mol. The third-order valence-electron chi connectivity index (χ3n) is 5.40. The van der Waals surface area contributed by atoms with Gasteiger partial charge in [0.25, 0.3) is 0 Å². The van der Waals surface area contributed by atoms with E-state index in [0.717, 1.165) is 17.4 Å². The Hall–Kier alpha value is -1.24. The van der Waals surface area contributed by atoms with Gasteiger partial charge in [-0.15, -0.1) is 0 Å². The lowest BCUT2D eigenvalue weighted by Crippen LogP contribution is -2.13. The van der Waals surface area contributed by atoms with Crippen LogP contribution in [0.4, 0.5) is 0 Å². The zero-order chi connectivity index (χ0) is 17.6. The molecule has 2 aromatic rings. The van der Waals surface area contributed by atoms with Crippen LogP contribution in [-0.2, 0) is 6.42 Å². The zero-order valence-corrected chi connectivity index (χ0v) is 16.4. The maximum Gasteiger partial charge on any atom is 0.0598 e. The summed E-state index contributed by atoms with van der Waals surface area (Å²) in [6, 6.07) is 14.7. The van der Waals surface area contributed by atoms with Crippen molar-refractivity contribution in [2.45, 2.75) is 45.4 Å². The third-order valence-corrected chi connectivity index (χ3v) is 6.14. The highest BCUT2D eigenvalue weighted by atomic mass is 35.5. The smallest absolute Gasteiger partial charge is 0.0598 e. The molecular weight excluding hydrogens is 347 g/mol. The summed E-state index contributed by atoms with van der Waals surface area (Å²) >= 11 is 12.1. The van der Waals surface area contributed by atoms with E-state index >= 15 is 0 Å². The number of allylic oxidation sites excluding steroid dienone is 2. The monoisotopic (exact) mass is 372 g/mol. The van der Waals surface area contributed by atoms with Crippen molar-refractivity contribution in [3.8, 4) is 11.1 Å². The highest BCUT2D eigenvalue weighted by Crippen LogP contribution is 2.33. The molecule has 0 unspecified atom stereocenters. The Kier molecular flexibility index (Phi) is 6.62. The number of rotatable bonds is 5. The molecule has 132 valence electrons. The van der Waals surface area contributed by atoms with Gasteiger partial charge in [-0.1, -0.05) is 65.7 Å². The average molecular weight is 373 g/mol. The molecule has 25 heavy (non-hydrogen) atoms. The Balaban J connectivity index is 1.54. The van der Waals surface area contributed by atoms with Crippen molar-refractivity contribution in [3.63, 3.8) is 0 Å². The molecule has 0 nitrogen and oxygen atoms in total. The normalized spacial score (nSPS) is 20.9. The van der Waals surface area contributed by atoms with E-state index in [1.165, 1.54) is 49.7 Å². The van der Waals surface area contributed by atoms with Gasteiger partial charge in [0.05, 0.1) is 10.0 Å². The topological polar surface area (TPSA) is 0 Å². The second-order valence-corrected chi connectivity index (χ2v) is 7.99. The summed E-state index contributed by atoms with van der Waals surface area (Å²) in [6.45, 7) is 2.13. The molecule has 0 bridgehead atoms. The number of hydrogen-bond acceptors (Lipinski definition) is 0. The number of benzene rings is 2. The molecule has 0 amide bonds. The molecule has 0 spiro atoms. The van der Waals surface area contributed by atoms with Crippen molar-refractivity contribution in [1.29, 1.82) is 0 Å². The Bertz CT molecular complexity index is 707. The Morgan fingerprint density at radius 1 is 0.880 bits per heavy atom. The second kappa shape index (κ2) is 8.92. The predicted octanol–water partition coefficient (Wildman–Crippen LogP) is 7.98. The summed E-state index contributed by atoms with van der Waals surface area (Å²) in [7, 11) is 0. The number of halogens is 2. The maximum absolute atomic E-state index is 6.12. The van der Waals surface area contributed by atoms with Gasteiger partial charge >= 0.3 is 0 Å². The van der Waals surface area contributed by atoms with E-state index in [1.807, 2.05) is 18.2 Å². The molecule has 0 N–H and O–H groups in total. The minimum Gasteiger partial charge on any atom is -0.0914 e. The van der Waals surface area contributed by atoms with Crippen LogP contribution < -0.4 is 0 Å². The molecule has 2 aromatic carbocycles. The lowest BCUT2D eigenvalue weighted by atomic mass is 9.79. The standard InChI is InChI=1S/C23H26Cl2/c1-2-3-17-4-6-18(7-5-17)8-9-19-10-12-20(13-11-19)21-14-15-22(24)23(25)16-21/h2-3,10-18H,4-9H2,1H3. The van der Waals surface area contributed by atoms with Crippen molar-refractivity contribution < 1.29 is 0 Å². The molecule has 1 fully saturated rings. The van der Waals surface area contributed by atoms with Crippen molar-refractivity contribution >= 4 is 23.2 Å². The van der Waals surface area contributed by atoms with Gasteiger partial charge in [-0.2, -0.15) is 0 Å². The maximum atomic E-state index is 6.12. The van der Waals surface area contributed by atoms with Gasteiger partial charge < -0.3 is 0 Å². The van der Waals surface area contributed by atoms with Crippen LogP contribution in [0.25, 0.3) is 11.1 Å². The average Bonchev–Trinajstić information content (AvgIpc) is 2.64. The molecule has 2 heteroatoms. The van der Waals surface area contributed by atoms with Crippen LogP contribution in [0.3, 0.4) is 0 Å². The summed E-state index contributed by atoms with van der Waals surface area (Å²) in [5.74, 6) is 1.72. The molecule has 0 radical (unpaired) electrons. The first-order valence-corrected chi connectivity index (χ1v) is 10.1. The Labute approximate surface area is 161 Å². The van der Waals surface area contributed by atoms with Gasteiger partial charge in [0.1, 0.15) is 0 Å². The van der Waals surface area contributed by atoms with Crippen molar-refractivity contribution in [3.05, 3.63) is 70.2 Å². The highest BCUT2D eigenvalue weighted by molar-refractivity contribution is 6.42. The van der Waals surface area contributed by atoms with Gasteiger partial charge in [0.15, 0.2) is 0 Å². The van der Waals surface area contributed by atoms with Crippen LogP contribution in [0.15, 0.2) is 54.6 Å². The van der Waals surface area contributed by atoms with Crippen LogP contribution in [0.1, 0.15) is 44.6 Å². The molecule has 0 saturated heterocycles. The van der Waals surface area contributed by atoms with E-state index in [2.05, 4.69) is 43.3 Å². The summed E-state index contributed by atoms with van der Waals surface area (Å²) in [4.78, 5) is 0. The highest BCUT2D eigenvalue weighted by Gasteiger charge is 2.19. The lowest BCUT2D eigenvalue weighted by Gasteiger charge is -2.26. The van der Waals surface area contributed by atoms with Crippen LogP contribution >= 0.6 is 23.2 Å². The van der Waals surface area contributed by atoms with Crippen LogP contribution in [0, 0.1) is 11.8 Å². The van der Waals surface area contributed by atoms with Gasteiger partial charge in [0.2, 0.25) is 0 Å². The van der Waals surface area contributed by atoms with E-state index in [9.17, 15) is 0 Å². The van der Waals surface area contributed by atoms with Crippen LogP contribution in [0.5, 0.6) is 0 Å². The third kappa shape index (κ3) is 5.12. The Morgan fingerprint density at radius 3 is 2.20 bits per heavy atom. The largest absolute Gasteiger partial charge is 0.0914 e. The molecule has 0 aromatic heterocycles. The van der Waals surface area contributed by atoms with Gasteiger partial charge in [0, 0.05) is 0 Å². The quantitative estimate of drug-likeness (QED) is 0.466. The molecule has 0 atom stereocenters. The zero-order valence-electron chi connectivity index (χ0n) is 14.8. The van der Waals surface area contributed by atoms with Gasteiger partial charge in [-0.25, -0.2) is 0 Å². The van der Waals surface area contributed by atoms with Gasteiger partial charge in [-0.05, 0) is 86.1 Å². The molecule has 0 heterocycles. The fourth-order valence-electron chi connectivity index (χ4n) is 3.85. The molecule has 1 saturated carbocycles. The number of hydrogen-bond donors (Lipinski definition) is 0. The van der Waals surface area contributed by atoms with E-state index < -0.39 is 0 Å². The fourth-order valence-corrected chi connectivity index (χ4v) is 4.15. The first-order valence-electron chi connectivity index (χ1n) is 9.33. The molecule has 0 aliphatic heterocycles. The van der Waals surface area contributed by atoms with E-state index in [-0.39, 0.29) is 0 Å². The minimum atomic E-state index is 0.603. The number of aryl methyl sites for hydroxylation is 1. The summed E-state index contributed by atoms with van der Waals surface area (Å²) < 4.78 is 0. The first kappa shape index (κ1) is 18.5. The van der Waals surface area contributed by atoms with E-state index in [4.69, 9.17) is 23.2 Å². The Morgan fingerprint density at radius 2 is 1.56 bits per heavy atom.